The van der Waals surface area contributed by atoms with E-state index < -0.39 is 0 Å². The van der Waals surface area contributed by atoms with E-state index in [4.69, 9.17) is 21.1 Å². The fourth-order valence-electron chi connectivity index (χ4n) is 0.823. The van der Waals surface area contributed by atoms with E-state index in [9.17, 15) is 0 Å². The van der Waals surface area contributed by atoms with Crippen LogP contribution in [0.5, 0.6) is 5.75 Å². The van der Waals surface area contributed by atoms with Crippen LogP contribution < -0.4 is 4.74 Å². The SMILES string of the molecule is COCCOc1cc(Br)ccc1Cl. The summed E-state index contributed by atoms with van der Waals surface area (Å²) in [4.78, 5) is 0. The lowest BCUT2D eigenvalue weighted by Crippen LogP contribution is -2.04. The predicted molar refractivity (Wildman–Crippen MR) is 56.5 cm³/mol. The normalized spacial score (nSPS) is 10.1. The second kappa shape index (κ2) is 5.47. The molecular formula is C9H10BrClO2. The van der Waals surface area contributed by atoms with Crippen molar-refractivity contribution in [1.29, 1.82) is 0 Å². The lowest BCUT2D eigenvalue weighted by Gasteiger charge is -2.07. The molecule has 0 saturated carbocycles. The van der Waals surface area contributed by atoms with Gasteiger partial charge in [0.2, 0.25) is 0 Å². The average molecular weight is 266 g/mol. The van der Waals surface area contributed by atoms with E-state index in [0.29, 0.717) is 24.0 Å². The van der Waals surface area contributed by atoms with Gasteiger partial charge in [-0.25, -0.2) is 0 Å². The van der Waals surface area contributed by atoms with Crippen molar-refractivity contribution in [2.24, 2.45) is 0 Å². The summed E-state index contributed by atoms with van der Waals surface area (Å²) in [6, 6.07) is 5.48. The van der Waals surface area contributed by atoms with E-state index >= 15 is 0 Å². The highest BCUT2D eigenvalue weighted by Gasteiger charge is 2.01. The summed E-state index contributed by atoms with van der Waals surface area (Å²) in [5.41, 5.74) is 0. The number of hydrogen-bond acceptors (Lipinski definition) is 2. The second-order valence-electron chi connectivity index (χ2n) is 2.42. The Morgan fingerprint density at radius 1 is 1.38 bits per heavy atom. The summed E-state index contributed by atoms with van der Waals surface area (Å²) < 4.78 is 11.2. The summed E-state index contributed by atoms with van der Waals surface area (Å²) in [6.45, 7) is 1.06. The maximum absolute atomic E-state index is 5.89. The van der Waals surface area contributed by atoms with Gasteiger partial charge in [0.15, 0.2) is 0 Å². The minimum Gasteiger partial charge on any atom is -0.490 e. The van der Waals surface area contributed by atoms with Crippen molar-refractivity contribution < 1.29 is 9.47 Å². The molecule has 0 bridgehead atoms. The van der Waals surface area contributed by atoms with Gasteiger partial charge in [-0.1, -0.05) is 27.5 Å². The molecule has 0 aliphatic rings. The monoisotopic (exact) mass is 264 g/mol. The van der Waals surface area contributed by atoms with E-state index in [-0.39, 0.29) is 0 Å². The quantitative estimate of drug-likeness (QED) is 0.779. The molecule has 1 aromatic carbocycles. The molecule has 0 N–H and O–H groups in total. The first-order chi connectivity index (χ1) is 6.24. The summed E-state index contributed by atoms with van der Waals surface area (Å²) in [5.74, 6) is 0.674. The van der Waals surface area contributed by atoms with Gasteiger partial charge in [-0.2, -0.15) is 0 Å². The molecule has 0 unspecified atom stereocenters. The summed E-state index contributed by atoms with van der Waals surface area (Å²) >= 11 is 9.22. The number of halogens is 2. The third kappa shape index (κ3) is 3.55. The summed E-state index contributed by atoms with van der Waals surface area (Å²) in [7, 11) is 1.63. The first-order valence-electron chi connectivity index (χ1n) is 3.81. The number of rotatable bonds is 4. The van der Waals surface area contributed by atoms with Gasteiger partial charge in [0.05, 0.1) is 11.6 Å². The van der Waals surface area contributed by atoms with Gasteiger partial charge in [-0.3, -0.25) is 0 Å². The van der Waals surface area contributed by atoms with Crippen LogP contribution in [0.3, 0.4) is 0 Å². The molecule has 1 aromatic rings. The van der Waals surface area contributed by atoms with E-state index in [1.807, 2.05) is 12.1 Å². The maximum Gasteiger partial charge on any atom is 0.139 e. The van der Waals surface area contributed by atoms with Crippen LogP contribution in [-0.4, -0.2) is 20.3 Å². The van der Waals surface area contributed by atoms with E-state index in [2.05, 4.69) is 15.9 Å². The number of benzene rings is 1. The predicted octanol–water partition coefficient (Wildman–Crippen LogP) is 3.13. The molecule has 1 rings (SSSR count). The van der Waals surface area contributed by atoms with Crippen LogP contribution >= 0.6 is 27.5 Å². The van der Waals surface area contributed by atoms with Gasteiger partial charge in [0.25, 0.3) is 0 Å². The van der Waals surface area contributed by atoms with Crippen LogP contribution in [-0.2, 0) is 4.74 Å². The molecule has 13 heavy (non-hydrogen) atoms. The molecule has 2 nitrogen and oxygen atoms in total. The molecule has 0 fully saturated rings. The molecule has 0 amide bonds. The number of hydrogen-bond donors (Lipinski definition) is 0. The lowest BCUT2D eigenvalue weighted by molar-refractivity contribution is 0.146. The largest absolute Gasteiger partial charge is 0.490 e. The van der Waals surface area contributed by atoms with E-state index in [0.717, 1.165) is 4.47 Å². The van der Waals surface area contributed by atoms with Crippen molar-refractivity contribution in [2.75, 3.05) is 20.3 Å². The summed E-state index contributed by atoms with van der Waals surface area (Å²) in [5, 5.41) is 0.610. The fourth-order valence-corrected chi connectivity index (χ4v) is 1.33. The third-order valence-electron chi connectivity index (χ3n) is 1.44. The Kier molecular flexibility index (Phi) is 4.56. The lowest BCUT2D eigenvalue weighted by atomic mass is 10.3. The molecule has 0 saturated heterocycles. The number of ether oxygens (including phenoxy) is 2. The topological polar surface area (TPSA) is 18.5 Å². The van der Waals surface area contributed by atoms with Crippen LogP contribution in [0.15, 0.2) is 22.7 Å². The minimum absolute atomic E-state index is 0.507. The highest BCUT2D eigenvalue weighted by molar-refractivity contribution is 9.10. The second-order valence-corrected chi connectivity index (χ2v) is 3.74. The zero-order valence-corrected chi connectivity index (χ0v) is 9.56. The van der Waals surface area contributed by atoms with Crippen LogP contribution in [0.2, 0.25) is 5.02 Å². The van der Waals surface area contributed by atoms with Crippen molar-refractivity contribution in [1.82, 2.24) is 0 Å². The van der Waals surface area contributed by atoms with E-state index in [1.54, 1.807) is 13.2 Å². The number of methoxy groups -OCH3 is 1. The average Bonchev–Trinajstić information content (AvgIpc) is 2.11. The van der Waals surface area contributed by atoms with Gasteiger partial charge in [0, 0.05) is 11.6 Å². The molecule has 4 heteroatoms. The first kappa shape index (κ1) is 10.8. The molecule has 0 radical (unpaired) electrons. The Balaban J connectivity index is 2.59. The van der Waals surface area contributed by atoms with Crippen molar-refractivity contribution in [2.45, 2.75) is 0 Å². The molecule has 72 valence electrons. The van der Waals surface area contributed by atoms with Gasteiger partial charge in [-0.05, 0) is 18.2 Å². The van der Waals surface area contributed by atoms with Crippen LogP contribution in [0.4, 0.5) is 0 Å². The fraction of sp³-hybridized carbons (Fsp3) is 0.333. The smallest absolute Gasteiger partial charge is 0.139 e. The van der Waals surface area contributed by atoms with Crippen LogP contribution in [0.25, 0.3) is 0 Å². The van der Waals surface area contributed by atoms with E-state index in [1.165, 1.54) is 0 Å². The van der Waals surface area contributed by atoms with Crippen molar-refractivity contribution in [3.8, 4) is 5.75 Å². The zero-order valence-electron chi connectivity index (χ0n) is 7.22. The maximum atomic E-state index is 5.89. The van der Waals surface area contributed by atoms with Crippen LogP contribution in [0.1, 0.15) is 0 Å². The van der Waals surface area contributed by atoms with Gasteiger partial charge in [-0.15, -0.1) is 0 Å². The molecular weight excluding hydrogens is 255 g/mol. The molecule has 0 aliphatic carbocycles. The molecule has 0 aliphatic heterocycles. The zero-order chi connectivity index (χ0) is 9.68. The molecule has 0 aromatic heterocycles. The van der Waals surface area contributed by atoms with Crippen molar-refractivity contribution >= 4 is 27.5 Å². The Hall–Kier alpha value is -0.250. The first-order valence-corrected chi connectivity index (χ1v) is 4.98. The molecule has 0 atom stereocenters. The highest BCUT2D eigenvalue weighted by atomic mass is 79.9. The van der Waals surface area contributed by atoms with Crippen molar-refractivity contribution in [3.63, 3.8) is 0 Å². The molecule has 0 heterocycles. The summed E-state index contributed by atoms with van der Waals surface area (Å²) in [6.07, 6.45) is 0. The third-order valence-corrected chi connectivity index (χ3v) is 2.24. The highest BCUT2D eigenvalue weighted by Crippen LogP contribution is 2.27. The molecule has 0 spiro atoms. The Morgan fingerprint density at radius 3 is 2.85 bits per heavy atom. The minimum atomic E-state index is 0.507. The van der Waals surface area contributed by atoms with Gasteiger partial charge >= 0.3 is 0 Å². The van der Waals surface area contributed by atoms with Gasteiger partial charge in [0.1, 0.15) is 12.4 Å². The Morgan fingerprint density at radius 2 is 2.15 bits per heavy atom. The van der Waals surface area contributed by atoms with Gasteiger partial charge < -0.3 is 9.47 Å². The Bertz CT molecular complexity index is 278. The van der Waals surface area contributed by atoms with Crippen LogP contribution in [0, 0.1) is 0 Å². The Labute approximate surface area is 90.9 Å². The van der Waals surface area contributed by atoms with Crippen molar-refractivity contribution in [3.05, 3.63) is 27.7 Å². The standard InChI is InChI=1S/C9H10BrClO2/c1-12-4-5-13-9-6-7(10)2-3-8(9)11/h2-3,6H,4-5H2,1H3.